The lowest BCUT2D eigenvalue weighted by Crippen LogP contribution is -2.18. The minimum absolute atomic E-state index is 0.129. The van der Waals surface area contributed by atoms with E-state index in [0.29, 0.717) is 5.82 Å². The average Bonchev–Trinajstić information content (AvgIpc) is 2.65. The van der Waals surface area contributed by atoms with Gasteiger partial charge in [-0.2, -0.15) is 4.98 Å². The molecule has 1 saturated carbocycles. The van der Waals surface area contributed by atoms with Crippen LogP contribution in [0.15, 0.2) is 0 Å². The number of aliphatic carboxylic acids is 1. The number of nitrogens with one attached hydrogen (secondary N) is 2. The second-order valence-corrected chi connectivity index (χ2v) is 5.14. The number of amides is 1. The monoisotopic (exact) mass is 268 g/mol. The fraction of sp³-hybridized carbons (Fsp3) is 0.636. The molecule has 0 saturated heterocycles. The molecule has 1 aliphatic carbocycles. The van der Waals surface area contributed by atoms with Gasteiger partial charge in [0.05, 0.1) is 11.8 Å². The lowest BCUT2D eigenvalue weighted by molar-refractivity contribution is -0.140. The van der Waals surface area contributed by atoms with Gasteiger partial charge in [-0.05, 0) is 5.41 Å². The van der Waals surface area contributed by atoms with Gasteiger partial charge in [-0.25, -0.2) is 0 Å². The minimum Gasteiger partial charge on any atom is -0.481 e. The van der Waals surface area contributed by atoms with E-state index in [1.807, 2.05) is 0 Å². The summed E-state index contributed by atoms with van der Waals surface area (Å²) in [6.45, 7) is 3.77. The molecular weight excluding hydrogens is 252 g/mol. The molecule has 3 N–H and O–H groups in total. The zero-order valence-corrected chi connectivity index (χ0v) is 10.9. The van der Waals surface area contributed by atoms with Gasteiger partial charge in [0.1, 0.15) is 6.61 Å². The van der Waals surface area contributed by atoms with E-state index in [-0.39, 0.29) is 18.5 Å². The van der Waals surface area contributed by atoms with E-state index in [0.717, 1.165) is 0 Å². The molecule has 8 nitrogen and oxygen atoms in total. The number of ether oxygens (including phenoxy) is 1. The molecule has 0 aromatic carbocycles. The van der Waals surface area contributed by atoms with E-state index in [9.17, 15) is 9.59 Å². The number of methoxy groups -OCH3 is 1. The van der Waals surface area contributed by atoms with Gasteiger partial charge < -0.3 is 9.84 Å². The Balaban J connectivity index is 2.00. The highest BCUT2D eigenvalue weighted by atomic mass is 16.5. The second-order valence-electron chi connectivity index (χ2n) is 5.14. The summed E-state index contributed by atoms with van der Waals surface area (Å²) in [5, 5.41) is 17.9. The van der Waals surface area contributed by atoms with Crippen molar-refractivity contribution in [2.45, 2.75) is 20.5 Å². The normalized spacial score (nSPS) is 23.9. The van der Waals surface area contributed by atoms with Crippen molar-refractivity contribution in [2.24, 2.45) is 17.3 Å². The van der Waals surface area contributed by atoms with Crippen molar-refractivity contribution in [1.82, 2.24) is 15.2 Å². The maximum Gasteiger partial charge on any atom is 0.307 e. The number of carbonyl (C=O) groups is 2. The van der Waals surface area contributed by atoms with Crippen LogP contribution in [0.4, 0.5) is 5.95 Å². The number of nitrogens with zero attached hydrogens (tertiary/aromatic N) is 2. The molecule has 2 rings (SSSR count). The van der Waals surface area contributed by atoms with Gasteiger partial charge >= 0.3 is 5.97 Å². The van der Waals surface area contributed by atoms with E-state index >= 15 is 0 Å². The van der Waals surface area contributed by atoms with Gasteiger partial charge in [-0.15, -0.1) is 5.10 Å². The first-order valence-electron chi connectivity index (χ1n) is 5.81. The van der Waals surface area contributed by atoms with E-state index in [2.05, 4.69) is 20.5 Å². The second kappa shape index (κ2) is 4.61. The average molecular weight is 268 g/mol. The predicted octanol–water partition coefficient (Wildman–Crippen LogP) is 0.246. The van der Waals surface area contributed by atoms with Crippen LogP contribution in [0.2, 0.25) is 0 Å². The van der Waals surface area contributed by atoms with Gasteiger partial charge in [0.25, 0.3) is 0 Å². The Labute approximate surface area is 109 Å². The van der Waals surface area contributed by atoms with Crippen molar-refractivity contribution in [3.8, 4) is 0 Å². The van der Waals surface area contributed by atoms with Crippen LogP contribution in [-0.2, 0) is 20.9 Å². The molecule has 19 heavy (non-hydrogen) atoms. The van der Waals surface area contributed by atoms with Crippen LogP contribution in [-0.4, -0.2) is 39.3 Å². The molecule has 0 bridgehead atoms. The Morgan fingerprint density at radius 3 is 2.68 bits per heavy atom. The van der Waals surface area contributed by atoms with E-state index in [1.165, 1.54) is 7.11 Å². The summed E-state index contributed by atoms with van der Waals surface area (Å²) in [5.41, 5.74) is -0.540. The lowest BCUT2D eigenvalue weighted by atomic mass is 10.1. The summed E-state index contributed by atoms with van der Waals surface area (Å²) >= 11 is 0. The number of carbonyl (C=O) groups excluding carboxylic acids is 1. The third kappa shape index (κ3) is 2.43. The highest BCUT2D eigenvalue weighted by Gasteiger charge is 2.66. The molecule has 2 atom stereocenters. The Morgan fingerprint density at radius 2 is 2.16 bits per heavy atom. The Kier molecular flexibility index (Phi) is 3.27. The molecule has 1 fully saturated rings. The van der Waals surface area contributed by atoms with Crippen molar-refractivity contribution in [1.29, 1.82) is 0 Å². The number of carboxylic acids is 1. The van der Waals surface area contributed by atoms with Gasteiger partial charge in [-0.3, -0.25) is 20.0 Å². The molecule has 1 aliphatic rings. The number of hydrogen-bond donors (Lipinski definition) is 3. The van der Waals surface area contributed by atoms with Crippen molar-refractivity contribution >= 4 is 17.8 Å². The van der Waals surface area contributed by atoms with Crippen LogP contribution in [0.25, 0.3) is 0 Å². The van der Waals surface area contributed by atoms with Crippen LogP contribution < -0.4 is 5.32 Å². The Hall–Kier alpha value is -1.96. The molecule has 104 valence electrons. The first kappa shape index (κ1) is 13.5. The number of H-pyrrole nitrogens is 1. The number of aromatic nitrogens is 3. The van der Waals surface area contributed by atoms with Crippen LogP contribution >= 0.6 is 0 Å². The number of hydrogen-bond acceptors (Lipinski definition) is 5. The minimum atomic E-state index is -0.958. The van der Waals surface area contributed by atoms with Gasteiger partial charge in [0.15, 0.2) is 5.82 Å². The third-order valence-corrected chi connectivity index (χ3v) is 3.42. The Morgan fingerprint density at radius 1 is 1.47 bits per heavy atom. The molecule has 0 spiro atoms. The number of anilines is 1. The maximum absolute atomic E-state index is 12.0. The summed E-state index contributed by atoms with van der Waals surface area (Å²) < 4.78 is 4.86. The quantitative estimate of drug-likeness (QED) is 0.704. The first-order chi connectivity index (χ1) is 8.87. The highest BCUT2D eigenvalue weighted by Crippen LogP contribution is 2.58. The SMILES string of the molecule is COCc1nc(NC(=O)[C@@H]2[C@H](C(=O)O)C2(C)C)n[nH]1. The van der Waals surface area contributed by atoms with Crippen molar-refractivity contribution in [2.75, 3.05) is 12.4 Å². The zero-order valence-electron chi connectivity index (χ0n) is 10.9. The van der Waals surface area contributed by atoms with Crippen molar-refractivity contribution in [3.63, 3.8) is 0 Å². The fourth-order valence-corrected chi connectivity index (χ4v) is 2.33. The zero-order chi connectivity index (χ0) is 14.2. The molecule has 8 heteroatoms. The van der Waals surface area contributed by atoms with Crippen LogP contribution in [0.3, 0.4) is 0 Å². The summed E-state index contributed by atoms with van der Waals surface area (Å²) in [5.74, 6) is -1.94. The molecule has 0 aliphatic heterocycles. The topological polar surface area (TPSA) is 117 Å². The molecular formula is C11H16N4O4. The summed E-state index contributed by atoms with van der Waals surface area (Å²) in [6, 6.07) is 0. The molecule has 1 aromatic heterocycles. The van der Waals surface area contributed by atoms with Gasteiger partial charge in [0.2, 0.25) is 11.9 Å². The summed E-state index contributed by atoms with van der Waals surface area (Å²) in [4.78, 5) is 27.0. The Bertz CT molecular complexity index is 511. The molecule has 0 radical (unpaired) electrons. The standard InChI is InChI=1S/C11H16N4O4/c1-11(2)6(7(11)9(17)18)8(16)13-10-12-5(4-19-3)14-15-10/h6-7H,4H2,1-3H3,(H,17,18)(H2,12,13,14,15,16)/t6-,7+/m0/s1. The number of carboxylic acid groups (broad SMARTS) is 1. The first-order valence-corrected chi connectivity index (χ1v) is 5.81. The third-order valence-electron chi connectivity index (χ3n) is 3.42. The summed E-state index contributed by atoms with van der Waals surface area (Å²) in [6.07, 6.45) is 0. The van der Waals surface area contributed by atoms with Crippen molar-refractivity contribution in [3.05, 3.63) is 5.82 Å². The predicted molar refractivity (Wildman–Crippen MR) is 64.1 cm³/mol. The summed E-state index contributed by atoms with van der Waals surface area (Å²) in [7, 11) is 1.52. The maximum atomic E-state index is 12.0. The van der Waals surface area contributed by atoms with Crippen LogP contribution in [0, 0.1) is 17.3 Å². The van der Waals surface area contributed by atoms with Crippen LogP contribution in [0.1, 0.15) is 19.7 Å². The fourth-order valence-electron chi connectivity index (χ4n) is 2.33. The molecule has 1 amide bonds. The largest absolute Gasteiger partial charge is 0.481 e. The van der Waals surface area contributed by atoms with Crippen LogP contribution in [0.5, 0.6) is 0 Å². The van der Waals surface area contributed by atoms with Gasteiger partial charge in [-0.1, -0.05) is 13.8 Å². The van der Waals surface area contributed by atoms with E-state index in [4.69, 9.17) is 9.84 Å². The van der Waals surface area contributed by atoms with Gasteiger partial charge in [0, 0.05) is 7.11 Å². The smallest absolute Gasteiger partial charge is 0.307 e. The van der Waals surface area contributed by atoms with Crippen molar-refractivity contribution < 1.29 is 19.4 Å². The van der Waals surface area contributed by atoms with E-state index < -0.39 is 23.2 Å². The lowest BCUT2D eigenvalue weighted by Gasteiger charge is -2.01. The number of aromatic amines is 1. The highest BCUT2D eigenvalue weighted by molar-refractivity contribution is 5.98. The van der Waals surface area contributed by atoms with E-state index in [1.54, 1.807) is 13.8 Å². The molecule has 1 aromatic rings. The molecule has 0 unspecified atom stereocenters. The number of rotatable bonds is 5. The molecule has 1 heterocycles.